The van der Waals surface area contributed by atoms with Gasteiger partial charge in [-0.3, -0.25) is 9.69 Å². The minimum Gasteiger partial charge on any atom is -0.493 e. The smallest absolute Gasteiger partial charge is 0.307 e. The number of piperidine rings is 1. The molecule has 3 rings (SSSR count). The lowest BCUT2D eigenvalue weighted by Gasteiger charge is -2.38. The van der Waals surface area contributed by atoms with Crippen LogP contribution in [0.2, 0.25) is 10.0 Å². The van der Waals surface area contributed by atoms with E-state index in [0.717, 1.165) is 24.1 Å². The summed E-state index contributed by atoms with van der Waals surface area (Å²) in [5.74, 6) is 0.0569. The Morgan fingerprint density at radius 3 is 2.61 bits per heavy atom. The number of benzene rings is 2. The average molecular weight is 424 g/mol. The molecular formula is C21H23Cl2NO4. The molecule has 0 amide bonds. The molecule has 0 bridgehead atoms. The number of likely N-dealkylation sites (tertiary alicyclic amines) is 1. The summed E-state index contributed by atoms with van der Waals surface area (Å²) in [6.07, 6.45) is 1.48. The highest BCUT2D eigenvalue weighted by molar-refractivity contribution is 6.42. The molecule has 1 fully saturated rings. The summed E-state index contributed by atoms with van der Waals surface area (Å²) in [5, 5.41) is 10.5. The van der Waals surface area contributed by atoms with Gasteiger partial charge in [-0.15, -0.1) is 0 Å². The van der Waals surface area contributed by atoms with E-state index in [2.05, 4.69) is 4.90 Å². The molecule has 2 unspecified atom stereocenters. The van der Waals surface area contributed by atoms with E-state index in [1.807, 2.05) is 30.3 Å². The summed E-state index contributed by atoms with van der Waals surface area (Å²) in [6, 6.07) is 11.0. The Morgan fingerprint density at radius 1 is 1.18 bits per heavy atom. The van der Waals surface area contributed by atoms with Gasteiger partial charge in [0.05, 0.1) is 36.2 Å². The lowest BCUT2D eigenvalue weighted by atomic mass is 9.91. The normalized spacial score (nSPS) is 18.5. The fraction of sp³-hybridized carbons (Fsp3) is 0.381. The van der Waals surface area contributed by atoms with Crippen LogP contribution in [0.5, 0.6) is 11.5 Å². The van der Waals surface area contributed by atoms with E-state index in [-0.39, 0.29) is 6.04 Å². The van der Waals surface area contributed by atoms with Crippen molar-refractivity contribution in [3.8, 4) is 11.5 Å². The molecule has 1 saturated heterocycles. The number of aliphatic carboxylic acids is 1. The van der Waals surface area contributed by atoms with Crippen molar-refractivity contribution in [1.82, 2.24) is 4.90 Å². The molecule has 1 heterocycles. The standard InChI is InChI=1S/C21H23Cl2NO4/c1-27-17-9-8-13(11-18(17)28-2)20(15-6-3-7-16(22)19(15)23)24-10-4-5-14(12-24)21(25)26/h3,6-9,11,14,20H,4-5,10,12H2,1-2H3,(H,25,26). The van der Waals surface area contributed by atoms with Gasteiger partial charge in [0.2, 0.25) is 0 Å². The second kappa shape index (κ2) is 9.03. The molecular weight excluding hydrogens is 401 g/mol. The number of carboxylic acids is 1. The van der Waals surface area contributed by atoms with E-state index in [0.29, 0.717) is 34.5 Å². The summed E-state index contributed by atoms with van der Waals surface area (Å²) >= 11 is 12.8. The van der Waals surface area contributed by atoms with Crippen molar-refractivity contribution in [3.63, 3.8) is 0 Å². The molecule has 7 heteroatoms. The number of carboxylic acid groups (broad SMARTS) is 1. The lowest BCUT2D eigenvalue weighted by molar-refractivity contribution is -0.143. The Bertz CT molecular complexity index is 858. The number of methoxy groups -OCH3 is 2. The first-order valence-electron chi connectivity index (χ1n) is 9.09. The van der Waals surface area contributed by atoms with E-state index in [1.54, 1.807) is 20.3 Å². The van der Waals surface area contributed by atoms with Crippen LogP contribution in [0.4, 0.5) is 0 Å². The number of rotatable bonds is 6. The fourth-order valence-corrected chi connectivity index (χ4v) is 4.20. The molecule has 150 valence electrons. The average Bonchev–Trinajstić information content (AvgIpc) is 2.71. The van der Waals surface area contributed by atoms with Crippen LogP contribution in [0.15, 0.2) is 36.4 Å². The van der Waals surface area contributed by atoms with Crippen LogP contribution in [0.1, 0.15) is 30.0 Å². The first kappa shape index (κ1) is 20.8. The summed E-state index contributed by atoms with van der Waals surface area (Å²) < 4.78 is 10.8. The molecule has 28 heavy (non-hydrogen) atoms. The van der Waals surface area contributed by atoms with Gasteiger partial charge < -0.3 is 14.6 Å². The number of hydrogen-bond donors (Lipinski definition) is 1. The summed E-state index contributed by atoms with van der Waals surface area (Å²) in [5.41, 5.74) is 1.78. The van der Waals surface area contributed by atoms with Crippen molar-refractivity contribution in [2.24, 2.45) is 5.92 Å². The second-order valence-electron chi connectivity index (χ2n) is 6.83. The van der Waals surface area contributed by atoms with Crippen LogP contribution >= 0.6 is 23.2 Å². The van der Waals surface area contributed by atoms with Crippen LogP contribution < -0.4 is 9.47 Å². The number of halogens is 2. The van der Waals surface area contributed by atoms with Crippen LogP contribution in [-0.4, -0.2) is 43.3 Å². The maximum absolute atomic E-state index is 11.6. The van der Waals surface area contributed by atoms with Crippen molar-refractivity contribution in [3.05, 3.63) is 57.6 Å². The van der Waals surface area contributed by atoms with E-state index in [1.165, 1.54) is 0 Å². The monoisotopic (exact) mass is 423 g/mol. The third-order valence-electron chi connectivity index (χ3n) is 5.17. The van der Waals surface area contributed by atoms with Gasteiger partial charge in [0.25, 0.3) is 0 Å². The zero-order valence-corrected chi connectivity index (χ0v) is 17.3. The predicted molar refractivity (Wildman–Crippen MR) is 110 cm³/mol. The van der Waals surface area contributed by atoms with E-state index in [4.69, 9.17) is 32.7 Å². The Balaban J connectivity index is 2.09. The molecule has 0 spiro atoms. The van der Waals surface area contributed by atoms with Gasteiger partial charge >= 0.3 is 5.97 Å². The predicted octanol–water partition coefficient (Wildman–Crippen LogP) is 4.90. The third kappa shape index (κ3) is 4.22. The van der Waals surface area contributed by atoms with E-state index >= 15 is 0 Å². The molecule has 2 aromatic carbocycles. The topological polar surface area (TPSA) is 59.0 Å². The minimum absolute atomic E-state index is 0.242. The zero-order chi connectivity index (χ0) is 20.3. The summed E-state index contributed by atoms with van der Waals surface area (Å²) in [4.78, 5) is 13.7. The highest BCUT2D eigenvalue weighted by atomic mass is 35.5. The Labute approximate surface area is 174 Å². The molecule has 1 aliphatic heterocycles. The van der Waals surface area contributed by atoms with Gasteiger partial charge in [-0.1, -0.05) is 41.4 Å². The van der Waals surface area contributed by atoms with Gasteiger partial charge in [0.15, 0.2) is 11.5 Å². The maximum atomic E-state index is 11.6. The molecule has 0 aliphatic carbocycles. The fourth-order valence-electron chi connectivity index (χ4n) is 3.78. The molecule has 2 aromatic rings. The number of nitrogens with zero attached hydrogens (tertiary/aromatic N) is 1. The highest BCUT2D eigenvalue weighted by Gasteiger charge is 2.33. The van der Waals surface area contributed by atoms with Crippen LogP contribution in [0, 0.1) is 5.92 Å². The molecule has 0 aromatic heterocycles. The molecule has 0 radical (unpaired) electrons. The zero-order valence-electron chi connectivity index (χ0n) is 15.8. The molecule has 1 N–H and O–H groups in total. The minimum atomic E-state index is -0.770. The number of hydrogen-bond acceptors (Lipinski definition) is 4. The Hall–Kier alpha value is -1.95. The van der Waals surface area contributed by atoms with Crippen molar-refractivity contribution < 1.29 is 19.4 Å². The lowest BCUT2D eigenvalue weighted by Crippen LogP contribution is -2.41. The van der Waals surface area contributed by atoms with Crippen molar-refractivity contribution >= 4 is 29.2 Å². The first-order valence-corrected chi connectivity index (χ1v) is 9.84. The van der Waals surface area contributed by atoms with Crippen molar-refractivity contribution in [2.45, 2.75) is 18.9 Å². The highest BCUT2D eigenvalue weighted by Crippen LogP contribution is 2.41. The van der Waals surface area contributed by atoms with Crippen LogP contribution in [-0.2, 0) is 4.79 Å². The SMILES string of the molecule is COc1ccc(C(c2cccc(Cl)c2Cl)N2CCCC(C(=O)O)C2)cc1OC. The summed E-state index contributed by atoms with van der Waals surface area (Å²) in [7, 11) is 3.18. The van der Waals surface area contributed by atoms with Gasteiger partial charge in [-0.05, 0) is 48.7 Å². The largest absolute Gasteiger partial charge is 0.493 e. The maximum Gasteiger partial charge on any atom is 0.307 e. The van der Waals surface area contributed by atoms with Gasteiger partial charge in [0, 0.05) is 6.54 Å². The van der Waals surface area contributed by atoms with Crippen molar-refractivity contribution in [2.75, 3.05) is 27.3 Å². The van der Waals surface area contributed by atoms with Gasteiger partial charge in [0.1, 0.15) is 0 Å². The third-order valence-corrected chi connectivity index (χ3v) is 6.00. The van der Waals surface area contributed by atoms with E-state index < -0.39 is 11.9 Å². The van der Waals surface area contributed by atoms with Gasteiger partial charge in [-0.2, -0.15) is 0 Å². The second-order valence-corrected chi connectivity index (χ2v) is 7.62. The molecule has 2 atom stereocenters. The van der Waals surface area contributed by atoms with Crippen molar-refractivity contribution in [1.29, 1.82) is 0 Å². The number of ether oxygens (including phenoxy) is 2. The Morgan fingerprint density at radius 2 is 1.93 bits per heavy atom. The summed E-state index contributed by atoms with van der Waals surface area (Å²) in [6.45, 7) is 1.21. The molecule has 5 nitrogen and oxygen atoms in total. The van der Waals surface area contributed by atoms with Crippen LogP contribution in [0.25, 0.3) is 0 Å². The van der Waals surface area contributed by atoms with Crippen LogP contribution in [0.3, 0.4) is 0 Å². The Kier molecular flexibility index (Phi) is 6.70. The van der Waals surface area contributed by atoms with Gasteiger partial charge in [-0.25, -0.2) is 0 Å². The quantitative estimate of drug-likeness (QED) is 0.715. The number of carbonyl (C=O) groups is 1. The van der Waals surface area contributed by atoms with E-state index in [9.17, 15) is 9.90 Å². The molecule has 1 aliphatic rings. The first-order chi connectivity index (χ1) is 13.5. The molecule has 0 saturated carbocycles.